The molecule has 0 heterocycles. The van der Waals surface area contributed by atoms with E-state index in [1.165, 1.54) is 18.2 Å². The van der Waals surface area contributed by atoms with Gasteiger partial charge in [-0.15, -0.1) is 0 Å². The molecule has 0 spiro atoms. The number of nitrogens with zero attached hydrogens (tertiary/aromatic N) is 2. The second kappa shape index (κ2) is 7.60. The number of phenols is 1. The highest BCUT2D eigenvalue weighted by Crippen LogP contribution is 2.20. The lowest BCUT2D eigenvalue weighted by atomic mass is 10.2. The van der Waals surface area contributed by atoms with Crippen LogP contribution in [0.4, 0.5) is 11.4 Å². The molecule has 0 aliphatic rings. The number of nitrogens with one attached hydrogen (secondary N) is 1. The van der Waals surface area contributed by atoms with Crippen molar-refractivity contribution in [3.63, 3.8) is 0 Å². The number of non-ortho nitro benzene ring substituents is 1. The van der Waals surface area contributed by atoms with Crippen molar-refractivity contribution in [3.8, 4) is 5.75 Å². The zero-order valence-corrected chi connectivity index (χ0v) is 13.2. The van der Waals surface area contributed by atoms with Crippen LogP contribution in [-0.4, -0.2) is 28.8 Å². The molecular formula is C16H16ClN3O3. The van der Waals surface area contributed by atoms with Gasteiger partial charge < -0.3 is 10.4 Å². The average Bonchev–Trinajstić information content (AvgIpc) is 2.54. The summed E-state index contributed by atoms with van der Waals surface area (Å²) >= 11 is 5.88. The Balaban J connectivity index is 1.91. The molecule has 0 aliphatic heterocycles. The molecule has 23 heavy (non-hydrogen) atoms. The molecule has 0 unspecified atom stereocenters. The lowest BCUT2D eigenvalue weighted by molar-refractivity contribution is -0.384. The van der Waals surface area contributed by atoms with E-state index in [-0.39, 0.29) is 17.5 Å². The number of aliphatic imine (C=N–C) groups is 1. The van der Waals surface area contributed by atoms with Crippen LogP contribution in [0.15, 0.2) is 47.5 Å². The summed E-state index contributed by atoms with van der Waals surface area (Å²) in [5, 5.41) is 24.0. The SMILES string of the molecule is C[C@@H](CNc1ccc([N+](=O)[O-])cc1)N=Cc1cc(Cl)ccc1O. The van der Waals surface area contributed by atoms with E-state index in [1.807, 2.05) is 6.92 Å². The fourth-order valence-electron chi connectivity index (χ4n) is 1.86. The molecule has 2 aromatic rings. The molecule has 0 saturated heterocycles. The Hall–Kier alpha value is -2.60. The van der Waals surface area contributed by atoms with Crippen molar-refractivity contribution in [1.82, 2.24) is 0 Å². The van der Waals surface area contributed by atoms with Crippen molar-refractivity contribution in [3.05, 3.63) is 63.2 Å². The van der Waals surface area contributed by atoms with Crippen LogP contribution in [0.3, 0.4) is 0 Å². The Morgan fingerprint density at radius 3 is 2.70 bits per heavy atom. The van der Waals surface area contributed by atoms with Crippen LogP contribution in [0.25, 0.3) is 0 Å². The fourth-order valence-corrected chi connectivity index (χ4v) is 2.04. The smallest absolute Gasteiger partial charge is 0.269 e. The molecular weight excluding hydrogens is 318 g/mol. The molecule has 7 heteroatoms. The number of nitro benzene ring substituents is 1. The van der Waals surface area contributed by atoms with Crippen molar-refractivity contribution in [2.24, 2.45) is 4.99 Å². The van der Waals surface area contributed by atoms with Gasteiger partial charge in [-0.3, -0.25) is 15.1 Å². The van der Waals surface area contributed by atoms with Crippen LogP contribution in [0.2, 0.25) is 5.02 Å². The lowest BCUT2D eigenvalue weighted by Gasteiger charge is -2.09. The number of aromatic hydroxyl groups is 1. The van der Waals surface area contributed by atoms with Gasteiger partial charge in [-0.25, -0.2) is 0 Å². The summed E-state index contributed by atoms with van der Waals surface area (Å²) in [4.78, 5) is 14.5. The van der Waals surface area contributed by atoms with Gasteiger partial charge in [-0.05, 0) is 37.3 Å². The number of rotatable bonds is 6. The molecule has 0 saturated carbocycles. The van der Waals surface area contributed by atoms with E-state index in [0.29, 0.717) is 17.1 Å². The number of hydrogen-bond acceptors (Lipinski definition) is 5. The molecule has 0 fully saturated rings. The molecule has 0 aliphatic carbocycles. The Kier molecular flexibility index (Phi) is 5.54. The normalized spacial score (nSPS) is 12.3. The van der Waals surface area contributed by atoms with Crippen LogP contribution in [0.5, 0.6) is 5.75 Å². The molecule has 120 valence electrons. The average molecular weight is 334 g/mol. The van der Waals surface area contributed by atoms with Crippen molar-refractivity contribution in [2.75, 3.05) is 11.9 Å². The highest BCUT2D eigenvalue weighted by Gasteiger charge is 2.05. The minimum Gasteiger partial charge on any atom is -0.507 e. The van der Waals surface area contributed by atoms with Crippen LogP contribution in [0, 0.1) is 10.1 Å². The standard InChI is InChI=1S/C16H16ClN3O3/c1-11(18-10-12-8-13(17)2-7-16(12)21)9-19-14-3-5-15(6-4-14)20(22)23/h2-8,10-11,19,21H,9H2,1H3/t11-/m0/s1. The van der Waals surface area contributed by atoms with Crippen LogP contribution < -0.4 is 5.32 Å². The first-order chi connectivity index (χ1) is 11.0. The maximum atomic E-state index is 10.6. The third-order valence-electron chi connectivity index (χ3n) is 3.14. The molecule has 2 aromatic carbocycles. The van der Waals surface area contributed by atoms with Gasteiger partial charge in [-0.1, -0.05) is 11.6 Å². The first kappa shape index (κ1) is 16.8. The van der Waals surface area contributed by atoms with Crippen LogP contribution in [0.1, 0.15) is 12.5 Å². The van der Waals surface area contributed by atoms with E-state index in [4.69, 9.17) is 11.6 Å². The Morgan fingerprint density at radius 2 is 2.04 bits per heavy atom. The molecule has 1 atom stereocenters. The highest BCUT2D eigenvalue weighted by atomic mass is 35.5. The first-order valence-corrected chi connectivity index (χ1v) is 7.33. The second-order valence-corrected chi connectivity index (χ2v) is 5.45. The summed E-state index contributed by atoms with van der Waals surface area (Å²) in [7, 11) is 0. The Labute approximate surface area is 138 Å². The van der Waals surface area contributed by atoms with Gasteiger partial charge >= 0.3 is 0 Å². The number of nitro groups is 1. The van der Waals surface area contributed by atoms with Gasteiger partial charge in [0.25, 0.3) is 5.69 Å². The van der Waals surface area contributed by atoms with E-state index in [0.717, 1.165) is 5.69 Å². The van der Waals surface area contributed by atoms with Gasteiger partial charge in [0, 0.05) is 41.2 Å². The fraction of sp³-hybridized carbons (Fsp3) is 0.188. The summed E-state index contributed by atoms with van der Waals surface area (Å²) in [6.45, 7) is 2.46. The Bertz CT molecular complexity index is 717. The highest BCUT2D eigenvalue weighted by molar-refractivity contribution is 6.30. The summed E-state index contributed by atoms with van der Waals surface area (Å²) < 4.78 is 0. The zero-order valence-electron chi connectivity index (χ0n) is 12.4. The quantitative estimate of drug-likeness (QED) is 0.477. The summed E-state index contributed by atoms with van der Waals surface area (Å²) in [6, 6.07) is 10.9. The van der Waals surface area contributed by atoms with Crippen molar-refractivity contribution in [1.29, 1.82) is 0 Å². The summed E-state index contributed by atoms with van der Waals surface area (Å²) in [5.74, 6) is 0.119. The first-order valence-electron chi connectivity index (χ1n) is 6.95. The molecule has 0 radical (unpaired) electrons. The van der Waals surface area contributed by atoms with Gasteiger partial charge in [0.2, 0.25) is 0 Å². The molecule has 0 bridgehead atoms. The summed E-state index contributed by atoms with van der Waals surface area (Å²) in [5.41, 5.74) is 1.39. The van der Waals surface area contributed by atoms with Crippen molar-refractivity contribution in [2.45, 2.75) is 13.0 Å². The van der Waals surface area contributed by atoms with E-state index in [9.17, 15) is 15.2 Å². The van der Waals surface area contributed by atoms with Gasteiger partial charge in [0.1, 0.15) is 5.75 Å². The number of hydrogen-bond donors (Lipinski definition) is 2. The molecule has 0 amide bonds. The van der Waals surface area contributed by atoms with Gasteiger partial charge in [0.15, 0.2) is 0 Å². The Morgan fingerprint density at radius 1 is 1.35 bits per heavy atom. The van der Waals surface area contributed by atoms with Crippen molar-refractivity contribution >= 4 is 29.2 Å². The van der Waals surface area contributed by atoms with Crippen LogP contribution in [-0.2, 0) is 0 Å². The maximum absolute atomic E-state index is 10.6. The predicted molar refractivity (Wildman–Crippen MR) is 91.8 cm³/mol. The predicted octanol–water partition coefficient (Wildman–Crippen LogP) is 3.87. The third-order valence-corrected chi connectivity index (χ3v) is 3.37. The molecule has 2 N–H and O–H groups in total. The van der Waals surface area contributed by atoms with Gasteiger partial charge in [0.05, 0.1) is 11.0 Å². The molecule has 6 nitrogen and oxygen atoms in total. The minimum atomic E-state index is -0.436. The van der Waals surface area contributed by atoms with Gasteiger partial charge in [-0.2, -0.15) is 0 Å². The number of phenolic OH excluding ortho intramolecular Hbond substituents is 1. The third kappa shape index (κ3) is 4.96. The van der Waals surface area contributed by atoms with Crippen LogP contribution >= 0.6 is 11.6 Å². The maximum Gasteiger partial charge on any atom is 0.269 e. The van der Waals surface area contributed by atoms with E-state index in [2.05, 4.69) is 10.3 Å². The monoisotopic (exact) mass is 333 g/mol. The molecule has 0 aromatic heterocycles. The van der Waals surface area contributed by atoms with E-state index in [1.54, 1.807) is 30.5 Å². The van der Waals surface area contributed by atoms with E-state index < -0.39 is 4.92 Å². The van der Waals surface area contributed by atoms with E-state index >= 15 is 0 Å². The zero-order chi connectivity index (χ0) is 16.8. The topological polar surface area (TPSA) is 87.8 Å². The molecule has 2 rings (SSSR count). The lowest BCUT2D eigenvalue weighted by Crippen LogP contribution is -2.14. The largest absolute Gasteiger partial charge is 0.507 e. The van der Waals surface area contributed by atoms with Crippen molar-refractivity contribution < 1.29 is 10.0 Å². The second-order valence-electron chi connectivity index (χ2n) is 5.02. The summed E-state index contributed by atoms with van der Waals surface area (Å²) in [6.07, 6.45) is 1.57. The minimum absolute atomic E-state index is 0.0522. The number of halogens is 1. The number of anilines is 1. The number of benzene rings is 2.